The minimum atomic E-state index is 0.165. The molecule has 0 amide bonds. The van der Waals surface area contributed by atoms with Gasteiger partial charge in [-0.15, -0.1) is 0 Å². The molecule has 3 aromatic carbocycles. The smallest absolute Gasteiger partial charge is 0.234 e. The lowest BCUT2D eigenvalue weighted by Crippen LogP contribution is -1.96. The summed E-state index contributed by atoms with van der Waals surface area (Å²) in [4.78, 5) is 22.1. The van der Waals surface area contributed by atoms with E-state index in [2.05, 4.69) is 30.9 Å². The first-order chi connectivity index (χ1) is 12.8. The zero-order valence-corrected chi connectivity index (χ0v) is 13.3. The van der Waals surface area contributed by atoms with Crippen LogP contribution in [0.5, 0.6) is 0 Å². The molecule has 0 unspecified atom stereocenters. The van der Waals surface area contributed by atoms with Crippen LogP contribution in [0.3, 0.4) is 0 Å². The van der Waals surface area contributed by atoms with E-state index < -0.39 is 0 Å². The molecule has 0 aliphatic rings. The van der Waals surface area contributed by atoms with Gasteiger partial charge in [-0.3, -0.25) is 4.98 Å². The minimum Gasteiger partial charge on any atom is -0.256 e. The second kappa shape index (κ2) is 5.17. The Hall–Kier alpha value is -4.16. The lowest BCUT2D eigenvalue weighted by atomic mass is 10.1. The first kappa shape index (κ1) is 14.2. The maximum Gasteiger partial charge on any atom is 0.234 e. The van der Waals surface area contributed by atoms with Crippen molar-refractivity contribution in [2.45, 2.75) is 0 Å². The molecule has 2 heterocycles. The van der Waals surface area contributed by atoms with Gasteiger partial charge in [-0.1, -0.05) is 24.3 Å². The molecule has 0 N–H and O–H groups in total. The summed E-state index contributed by atoms with van der Waals surface area (Å²) in [5, 5.41) is 9.68. The second-order valence-electron chi connectivity index (χ2n) is 5.77. The van der Waals surface area contributed by atoms with Crippen molar-refractivity contribution in [3.63, 3.8) is 0 Å². The second-order valence-corrected chi connectivity index (χ2v) is 5.77. The van der Waals surface area contributed by atoms with Crippen molar-refractivity contribution in [1.82, 2.24) is 19.9 Å². The first-order valence-electron chi connectivity index (χ1n) is 7.86. The highest BCUT2D eigenvalue weighted by molar-refractivity contribution is 6.13. The van der Waals surface area contributed by atoms with Gasteiger partial charge in [0.05, 0.1) is 51.3 Å². The van der Waals surface area contributed by atoms with Crippen molar-refractivity contribution in [3.8, 4) is 6.07 Å². The molecule has 0 fully saturated rings. The van der Waals surface area contributed by atoms with Gasteiger partial charge in [0.15, 0.2) is 0 Å². The number of rotatable bonds is 0. The van der Waals surface area contributed by atoms with Crippen LogP contribution in [0.25, 0.3) is 49.0 Å². The number of hydrogen-bond acceptors (Lipinski definition) is 5. The molecule has 0 radical (unpaired) electrons. The molecular formula is C20H8N6. The fourth-order valence-electron chi connectivity index (χ4n) is 3.12. The molecule has 5 aromatic rings. The monoisotopic (exact) mass is 332 g/mol. The van der Waals surface area contributed by atoms with Gasteiger partial charge in [0.2, 0.25) is 5.69 Å². The highest BCUT2D eigenvalue weighted by Gasteiger charge is 2.20. The summed E-state index contributed by atoms with van der Waals surface area (Å²) in [6.45, 7) is 7.57. The van der Waals surface area contributed by atoms with Gasteiger partial charge in [-0.25, -0.2) is 19.8 Å². The zero-order valence-electron chi connectivity index (χ0n) is 13.3. The maximum atomic E-state index is 9.68. The number of aromatic nitrogens is 4. The van der Waals surface area contributed by atoms with Gasteiger partial charge in [0, 0.05) is 0 Å². The summed E-state index contributed by atoms with van der Waals surface area (Å²) in [7, 11) is 0. The van der Waals surface area contributed by atoms with Crippen LogP contribution in [0.2, 0.25) is 0 Å². The summed E-state index contributed by atoms with van der Waals surface area (Å²) in [5.74, 6) is 0. The molecule has 6 heteroatoms. The number of benzene rings is 3. The van der Waals surface area contributed by atoms with Crippen LogP contribution in [0, 0.1) is 17.9 Å². The minimum absolute atomic E-state index is 0.165. The van der Waals surface area contributed by atoms with E-state index in [-0.39, 0.29) is 11.3 Å². The van der Waals surface area contributed by atoms with Crippen LogP contribution in [-0.2, 0) is 0 Å². The van der Waals surface area contributed by atoms with Crippen molar-refractivity contribution < 1.29 is 0 Å². The Balaban J connectivity index is 2.13. The Morgan fingerprint density at radius 3 is 1.58 bits per heavy atom. The molecule has 118 valence electrons. The predicted octanol–water partition coefficient (Wildman–Crippen LogP) is 4.30. The van der Waals surface area contributed by atoms with E-state index in [0.29, 0.717) is 44.1 Å². The molecule has 26 heavy (non-hydrogen) atoms. The van der Waals surface area contributed by atoms with Gasteiger partial charge in [0.1, 0.15) is 11.0 Å². The molecule has 0 saturated heterocycles. The highest BCUT2D eigenvalue weighted by atomic mass is 14.9. The summed E-state index contributed by atoms with van der Waals surface area (Å²) >= 11 is 0. The van der Waals surface area contributed by atoms with E-state index in [0.717, 1.165) is 0 Å². The maximum absolute atomic E-state index is 9.68. The third-order valence-electron chi connectivity index (χ3n) is 4.29. The number of para-hydroxylation sites is 4. The van der Waals surface area contributed by atoms with E-state index in [1.807, 2.05) is 48.5 Å². The number of fused-ring (bicyclic) bond motifs is 5. The Bertz CT molecular complexity index is 1340. The van der Waals surface area contributed by atoms with Gasteiger partial charge < -0.3 is 0 Å². The van der Waals surface area contributed by atoms with E-state index >= 15 is 0 Å². The SMILES string of the molecule is [C-]#[N+]c1c(C#N)c2nc3ccccc3nc2c2nc3ccccc3nc12. The predicted molar refractivity (Wildman–Crippen MR) is 98.6 cm³/mol. The van der Waals surface area contributed by atoms with Crippen LogP contribution in [-0.4, -0.2) is 19.9 Å². The molecule has 0 aliphatic carbocycles. The van der Waals surface area contributed by atoms with Crippen LogP contribution in [0.15, 0.2) is 48.5 Å². The lowest BCUT2D eigenvalue weighted by Gasteiger charge is -2.09. The normalized spacial score (nSPS) is 11.0. The third-order valence-corrected chi connectivity index (χ3v) is 4.29. The molecule has 0 bridgehead atoms. The topological polar surface area (TPSA) is 79.7 Å². The lowest BCUT2D eigenvalue weighted by molar-refractivity contribution is 1.35. The Morgan fingerprint density at radius 1 is 0.692 bits per heavy atom. The fourth-order valence-corrected chi connectivity index (χ4v) is 3.12. The number of nitrogens with zero attached hydrogens (tertiary/aromatic N) is 6. The third kappa shape index (κ3) is 1.84. The Morgan fingerprint density at radius 2 is 1.12 bits per heavy atom. The number of nitriles is 1. The van der Waals surface area contributed by atoms with Gasteiger partial charge >= 0.3 is 0 Å². The Kier molecular flexibility index (Phi) is 2.82. The quantitative estimate of drug-likeness (QED) is 0.240. The largest absolute Gasteiger partial charge is 0.256 e. The number of hydrogen-bond donors (Lipinski definition) is 0. The zero-order chi connectivity index (χ0) is 17.7. The van der Waals surface area contributed by atoms with E-state index in [4.69, 9.17) is 6.57 Å². The van der Waals surface area contributed by atoms with E-state index in [9.17, 15) is 5.26 Å². The van der Waals surface area contributed by atoms with Gasteiger partial charge in [-0.2, -0.15) is 5.26 Å². The van der Waals surface area contributed by atoms with E-state index in [1.165, 1.54) is 0 Å². The summed E-state index contributed by atoms with van der Waals surface area (Å²) in [5.41, 5.74) is 4.84. The van der Waals surface area contributed by atoms with Gasteiger partial charge in [-0.05, 0) is 24.3 Å². The average Bonchev–Trinajstić information content (AvgIpc) is 2.70. The molecule has 0 saturated carbocycles. The standard InChI is InChI=1S/C20H8N6/c1-22-16-11(10-21)17-19(25-13-7-3-2-6-12(13)23-17)20-18(16)24-14-8-4-5-9-15(14)26-20/h2-9H. The molecule has 0 aliphatic heterocycles. The first-order valence-corrected chi connectivity index (χ1v) is 7.86. The molecular weight excluding hydrogens is 324 g/mol. The summed E-state index contributed by atoms with van der Waals surface area (Å²) in [6, 6.07) is 17.0. The van der Waals surface area contributed by atoms with Gasteiger partial charge in [0.25, 0.3) is 0 Å². The van der Waals surface area contributed by atoms with E-state index in [1.54, 1.807) is 0 Å². The molecule has 5 rings (SSSR count). The van der Waals surface area contributed by atoms with Crippen molar-refractivity contribution >= 4 is 49.8 Å². The fraction of sp³-hybridized carbons (Fsp3) is 0. The van der Waals surface area contributed by atoms with Crippen molar-refractivity contribution in [1.29, 1.82) is 5.26 Å². The average molecular weight is 332 g/mol. The van der Waals surface area contributed by atoms with Crippen LogP contribution < -0.4 is 0 Å². The van der Waals surface area contributed by atoms with Crippen LogP contribution in [0.1, 0.15) is 5.56 Å². The summed E-state index contributed by atoms with van der Waals surface area (Å²) in [6.07, 6.45) is 0. The molecule has 6 nitrogen and oxygen atoms in total. The van der Waals surface area contributed by atoms with Crippen LogP contribution in [0.4, 0.5) is 5.69 Å². The van der Waals surface area contributed by atoms with Crippen molar-refractivity contribution in [3.05, 3.63) is 65.5 Å². The molecule has 0 spiro atoms. The van der Waals surface area contributed by atoms with Crippen LogP contribution >= 0.6 is 0 Å². The highest BCUT2D eigenvalue weighted by Crippen LogP contribution is 2.36. The van der Waals surface area contributed by atoms with Crippen molar-refractivity contribution in [2.24, 2.45) is 0 Å². The molecule has 0 atom stereocenters. The van der Waals surface area contributed by atoms with Crippen molar-refractivity contribution in [2.75, 3.05) is 0 Å². The Labute approximate surface area is 147 Å². The molecule has 2 aromatic heterocycles. The summed E-state index contributed by atoms with van der Waals surface area (Å²) < 4.78 is 0.